The predicted octanol–water partition coefficient (Wildman–Crippen LogP) is 3.03. The van der Waals surface area contributed by atoms with Crippen LogP contribution in [0.5, 0.6) is 5.75 Å². The molecule has 0 atom stereocenters. The summed E-state index contributed by atoms with van der Waals surface area (Å²) in [4.78, 5) is 17.4. The summed E-state index contributed by atoms with van der Waals surface area (Å²) < 4.78 is 16.7. The van der Waals surface area contributed by atoms with Gasteiger partial charge in [-0.05, 0) is 32.0 Å². The fourth-order valence-electron chi connectivity index (χ4n) is 4.03. The van der Waals surface area contributed by atoms with E-state index in [1.54, 1.807) is 25.3 Å². The van der Waals surface area contributed by atoms with Crippen LogP contribution in [0.4, 0.5) is 0 Å². The SMILES string of the molecule is COc1cc(Cl)cc2cc(C(=O)N3CCN(C)C4(CCOCC4)C3)oc12. The number of carbonyl (C=O) groups excluding carboxylic acids is 1. The van der Waals surface area contributed by atoms with Crippen LogP contribution in [-0.4, -0.2) is 68.3 Å². The molecular formula is C19H23ClN2O4. The molecule has 140 valence electrons. The fourth-order valence-corrected chi connectivity index (χ4v) is 4.24. The molecule has 0 N–H and O–H groups in total. The van der Waals surface area contributed by atoms with E-state index in [0.717, 1.165) is 38.0 Å². The summed E-state index contributed by atoms with van der Waals surface area (Å²) in [6.07, 6.45) is 1.88. The lowest BCUT2D eigenvalue weighted by molar-refractivity contribution is -0.0547. The number of halogens is 1. The highest BCUT2D eigenvalue weighted by Crippen LogP contribution is 2.34. The molecule has 1 amide bonds. The van der Waals surface area contributed by atoms with Crippen molar-refractivity contribution in [1.29, 1.82) is 0 Å². The Kier molecular flexibility index (Phi) is 4.59. The van der Waals surface area contributed by atoms with Gasteiger partial charge < -0.3 is 18.8 Å². The maximum atomic E-state index is 13.1. The van der Waals surface area contributed by atoms with E-state index in [1.165, 1.54) is 0 Å². The molecule has 2 aliphatic rings. The Labute approximate surface area is 157 Å². The van der Waals surface area contributed by atoms with Crippen molar-refractivity contribution in [1.82, 2.24) is 9.80 Å². The van der Waals surface area contributed by atoms with E-state index >= 15 is 0 Å². The van der Waals surface area contributed by atoms with Gasteiger partial charge in [0.15, 0.2) is 17.1 Å². The summed E-state index contributed by atoms with van der Waals surface area (Å²) in [5, 5.41) is 1.32. The molecular weight excluding hydrogens is 356 g/mol. The van der Waals surface area contributed by atoms with Gasteiger partial charge in [0.2, 0.25) is 0 Å². The first-order valence-corrected chi connectivity index (χ1v) is 9.25. The Morgan fingerprint density at radius 1 is 1.23 bits per heavy atom. The van der Waals surface area contributed by atoms with Crippen LogP contribution in [0, 0.1) is 0 Å². The minimum Gasteiger partial charge on any atom is -0.493 e. The van der Waals surface area contributed by atoms with E-state index in [-0.39, 0.29) is 11.4 Å². The van der Waals surface area contributed by atoms with Gasteiger partial charge in [0.1, 0.15) is 0 Å². The van der Waals surface area contributed by atoms with Gasteiger partial charge in [0.05, 0.1) is 7.11 Å². The van der Waals surface area contributed by atoms with Gasteiger partial charge in [-0.3, -0.25) is 9.69 Å². The molecule has 1 spiro atoms. The summed E-state index contributed by atoms with van der Waals surface area (Å²) in [6, 6.07) is 5.22. The number of rotatable bonds is 2. The normalized spacial score (nSPS) is 20.7. The van der Waals surface area contributed by atoms with Crippen LogP contribution >= 0.6 is 11.6 Å². The molecule has 0 radical (unpaired) electrons. The summed E-state index contributed by atoms with van der Waals surface area (Å²) in [5.41, 5.74) is 0.550. The largest absolute Gasteiger partial charge is 0.493 e. The van der Waals surface area contributed by atoms with Crippen LogP contribution in [0.25, 0.3) is 11.0 Å². The van der Waals surface area contributed by atoms with Crippen molar-refractivity contribution in [3.63, 3.8) is 0 Å². The molecule has 0 aliphatic carbocycles. The van der Waals surface area contributed by atoms with Crippen LogP contribution in [-0.2, 0) is 4.74 Å². The highest BCUT2D eigenvalue weighted by molar-refractivity contribution is 6.31. The van der Waals surface area contributed by atoms with E-state index in [1.807, 2.05) is 4.90 Å². The number of carbonyl (C=O) groups is 1. The third-order valence-electron chi connectivity index (χ3n) is 5.69. The quantitative estimate of drug-likeness (QED) is 0.804. The van der Waals surface area contributed by atoms with Crippen LogP contribution in [0.1, 0.15) is 23.4 Å². The molecule has 7 heteroatoms. The molecule has 2 aromatic rings. The Bertz CT molecular complexity index is 828. The van der Waals surface area contributed by atoms with Crippen molar-refractivity contribution in [2.24, 2.45) is 0 Å². The van der Waals surface area contributed by atoms with E-state index < -0.39 is 0 Å². The second-order valence-corrected chi connectivity index (χ2v) is 7.56. The van der Waals surface area contributed by atoms with E-state index in [9.17, 15) is 4.79 Å². The molecule has 0 saturated carbocycles. The van der Waals surface area contributed by atoms with Gasteiger partial charge >= 0.3 is 0 Å². The molecule has 2 saturated heterocycles. The summed E-state index contributed by atoms with van der Waals surface area (Å²) in [7, 11) is 3.70. The topological polar surface area (TPSA) is 55.2 Å². The average Bonchev–Trinajstić information content (AvgIpc) is 3.07. The van der Waals surface area contributed by atoms with Gasteiger partial charge in [-0.2, -0.15) is 0 Å². The molecule has 2 aliphatic heterocycles. The van der Waals surface area contributed by atoms with E-state index in [0.29, 0.717) is 35.2 Å². The van der Waals surface area contributed by atoms with Crippen molar-refractivity contribution in [3.05, 3.63) is 29.0 Å². The summed E-state index contributed by atoms with van der Waals surface area (Å²) in [5.74, 6) is 0.775. The molecule has 1 aromatic carbocycles. The summed E-state index contributed by atoms with van der Waals surface area (Å²) >= 11 is 6.12. The fraction of sp³-hybridized carbons (Fsp3) is 0.526. The van der Waals surface area contributed by atoms with Crippen molar-refractivity contribution in [2.75, 3.05) is 47.0 Å². The number of hydrogen-bond acceptors (Lipinski definition) is 5. The van der Waals surface area contributed by atoms with Gasteiger partial charge in [-0.25, -0.2) is 0 Å². The van der Waals surface area contributed by atoms with Crippen molar-refractivity contribution < 1.29 is 18.7 Å². The van der Waals surface area contributed by atoms with Gasteiger partial charge in [0, 0.05) is 54.9 Å². The lowest BCUT2D eigenvalue weighted by atomic mass is 9.86. The number of piperazine rings is 1. The maximum Gasteiger partial charge on any atom is 0.289 e. The van der Waals surface area contributed by atoms with Gasteiger partial charge in [0.25, 0.3) is 5.91 Å². The number of amides is 1. The highest BCUT2D eigenvalue weighted by atomic mass is 35.5. The number of ether oxygens (including phenoxy) is 2. The van der Waals surface area contributed by atoms with Crippen LogP contribution < -0.4 is 4.74 Å². The Balaban J connectivity index is 1.62. The first-order valence-electron chi connectivity index (χ1n) is 8.88. The lowest BCUT2D eigenvalue weighted by Crippen LogP contribution is -2.63. The predicted molar refractivity (Wildman–Crippen MR) is 99.1 cm³/mol. The standard InChI is InChI=1S/C19H23ClN2O4/c1-21-5-6-22(12-19(21)3-7-25-8-4-19)18(23)16-10-13-9-14(20)11-15(24-2)17(13)26-16/h9-11H,3-8,12H2,1-2H3. The van der Waals surface area contributed by atoms with Crippen LogP contribution in [0.2, 0.25) is 5.02 Å². The Morgan fingerprint density at radius 2 is 2.00 bits per heavy atom. The first kappa shape index (κ1) is 17.6. The third kappa shape index (κ3) is 2.96. The molecule has 0 bridgehead atoms. The number of benzene rings is 1. The zero-order chi connectivity index (χ0) is 18.3. The average molecular weight is 379 g/mol. The van der Waals surface area contributed by atoms with E-state index in [4.69, 9.17) is 25.5 Å². The maximum absolute atomic E-state index is 13.1. The molecule has 6 nitrogen and oxygen atoms in total. The third-order valence-corrected chi connectivity index (χ3v) is 5.91. The van der Waals surface area contributed by atoms with Gasteiger partial charge in [-0.1, -0.05) is 11.6 Å². The van der Waals surface area contributed by atoms with Crippen molar-refractivity contribution in [3.8, 4) is 5.75 Å². The number of methoxy groups -OCH3 is 1. The number of hydrogen-bond donors (Lipinski definition) is 0. The van der Waals surface area contributed by atoms with E-state index in [2.05, 4.69) is 11.9 Å². The molecule has 3 heterocycles. The Hall–Kier alpha value is -1.76. The second-order valence-electron chi connectivity index (χ2n) is 7.12. The summed E-state index contributed by atoms with van der Waals surface area (Å²) in [6.45, 7) is 3.72. The van der Waals surface area contributed by atoms with Crippen LogP contribution in [0.15, 0.2) is 22.6 Å². The molecule has 1 aromatic heterocycles. The van der Waals surface area contributed by atoms with Gasteiger partial charge in [-0.15, -0.1) is 0 Å². The monoisotopic (exact) mass is 378 g/mol. The zero-order valence-electron chi connectivity index (χ0n) is 15.1. The molecule has 2 fully saturated rings. The minimum absolute atomic E-state index is 0.000820. The van der Waals surface area contributed by atoms with Crippen LogP contribution in [0.3, 0.4) is 0 Å². The number of fused-ring (bicyclic) bond motifs is 1. The Morgan fingerprint density at radius 3 is 2.73 bits per heavy atom. The highest BCUT2D eigenvalue weighted by Gasteiger charge is 2.42. The smallest absolute Gasteiger partial charge is 0.289 e. The van der Waals surface area contributed by atoms with Crippen molar-refractivity contribution in [2.45, 2.75) is 18.4 Å². The van der Waals surface area contributed by atoms with Crippen molar-refractivity contribution >= 4 is 28.5 Å². The second kappa shape index (κ2) is 6.76. The molecule has 26 heavy (non-hydrogen) atoms. The minimum atomic E-state index is -0.0849. The molecule has 0 unspecified atom stereocenters. The number of nitrogens with zero attached hydrogens (tertiary/aromatic N) is 2. The zero-order valence-corrected chi connectivity index (χ0v) is 15.8. The number of likely N-dealkylation sites (N-methyl/N-ethyl adjacent to an activating group) is 1. The first-order chi connectivity index (χ1) is 12.5. The lowest BCUT2D eigenvalue weighted by Gasteiger charge is -2.51. The molecule has 4 rings (SSSR count). The number of furan rings is 1.